The monoisotopic (exact) mass is 267 g/mol. The molecular formula is C17H21N3. The fourth-order valence-corrected chi connectivity index (χ4v) is 2.72. The van der Waals surface area contributed by atoms with E-state index in [1.807, 2.05) is 6.20 Å². The van der Waals surface area contributed by atoms with Crippen molar-refractivity contribution in [3.8, 4) is 0 Å². The number of rotatable bonds is 3. The second-order valence-electron chi connectivity index (χ2n) is 5.43. The standard InChI is InChI=1S/C17H21N3/c1-13-4-2-3-5-14(13)6-7-17-19-12-15-8-10-18-11-9-16(15)20-17/h2-5,12,18H,6-11H2,1H3. The van der Waals surface area contributed by atoms with Crippen molar-refractivity contribution in [1.82, 2.24) is 15.3 Å². The number of fused-ring (bicyclic) bond motifs is 1. The summed E-state index contributed by atoms with van der Waals surface area (Å²) in [5.41, 5.74) is 5.30. The van der Waals surface area contributed by atoms with Gasteiger partial charge in [0.25, 0.3) is 0 Å². The third-order valence-corrected chi connectivity index (χ3v) is 3.99. The van der Waals surface area contributed by atoms with Gasteiger partial charge in [-0.05, 0) is 43.0 Å². The van der Waals surface area contributed by atoms with Gasteiger partial charge in [0.15, 0.2) is 0 Å². The van der Waals surface area contributed by atoms with E-state index in [1.54, 1.807) is 0 Å². The molecule has 0 radical (unpaired) electrons. The van der Waals surface area contributed by atoms with Gasteiger partial charge in [-0.2, -0.15) is 0 Å². The summed E-state index contributed by atoms with van der Waals surface area (Å²) in [7, 11) is 0. The van der Waals surface area contributed by atoms with Crippen molar-refractivity contribution < 1.29 is 0 Å². The Balaban J connectivity index is 1.72. The van der Waals surface area contributed by atoms with Crippen LogP contribution in [0.15, 0.2) is 30.5 Å². The molecular weight excluding hydrogens is 246 g/mol. The number of nitrogens with zero attached hydrogens (tertiary/aromatic N) is 2. The van der Waals surface area contributed by atoms with Gasteiger partial charge in [0, 0.05) is 31.3 Å². The smallest absolute Gasteiger partial charge is 0.128 e. The van der Waals surface area contributed by atoms with E-state index in [0.29, 0.717) is 0 Å². The predicted octanol–water partition coefficient (Wildman–Crippen LogP) is 2.26. The Labute approximate surface area is 120 Å². The molecule has 3 nitrogen and oxygen atoms in total. The molecule has 0 unspecified atom stereocenters. The van der Waals surface area contributed by atoms with Gasteiger partial charge in [-0.3, -0.25) is 0 Å². The lowest BCUT2D eigenvalue weighted by Gasteiger charge is -2.08. The van der Waals surface area contributed by atoms with Crippen LogP contribution in [0, 0.1) is 6.92 Å². The minimum Gasteiger partial charge on any atom is -0.316 e. The fourth-order valence-electron chi connectivity index (χ4n) is 2.72. The van der Waals surface area contributed by atoms with E-state index >= 15 is 0 Å². The maximum absolute atomic E-state index is 4.77. The van der Waals surface area contributed by atoms with Crippen LogP contribution in [0.1, 0.15) is 28.2 Å². The third-order valence-electron chi connectivity index (χ3n) is 3.99. The number of aromatic nitrogens is 2. The summed E-state index contributed by atoms with van der Waals surface area (Å²) in [5.74, 6) is 0.980. The van der Waals surface area contributed by atoms with Crippen LogP contribution >= 0.6 is 0 Å². The van der Waals surface area contributed by atoms with Gasteiger partial charge in [-0.25, -0.2) is 9.97 Å². The van der Waals surface area contributed by atoms with Gasteiger partial charge >= 0.3 is 0 Å². The second kappa shape index (κ2) is 6.14. The Kier molecular flexibility index (Phi) is 4.07. The van der Waals surface area contributed by atoms with Crippen LogP contribution in [0.25, 0.3) is 0 Å². The summed E-state index contributed by atoms with van der Waals surface area (Å²) >= 11 is 0. The van der Waals surface area contributed by atoms with Gasteiger partial charge in [0.2, 0.25) is 0 Å². The first-order valence-corrected chi connectivity index (χ1v) is 7.42. The van der Waals surface area contributed by atoms with Crippen LogP contribution in [0.3, 0.4) is 0 Å². The van der Waals surface area contributed by atoms with Crippen molar-refractivity contribution in [2.24, 2.45) is 0 Å². The number of hydrogen-bond acceptors (Lipinski definition) is 3. The SMILES string of the molecule is Cc1ccccc1CCc1ncc2c(n1)CCNCC2. The molecule has 0 spiro atoms. The topological polar surface area (TPSA) is 37.8 Å². The molecule has 104 valence electrons. The highest BCUT2D eigenvalue weighted by atomic mass is 14.9. The van der Waals surface area contributed by atoms with Crippen molar-refractivity contribution >= 4 is 0 Å². The highest BCUT2D eigenvalue weighted by Crippen LogP contribution is 2.13. The maximum Gasteiger partial charge on any atom is 0.128 e. The minimum absolute atomic E-state index is 0.922. The van der Waals surface area contributed by atoms with Crippen molar-refractivity contribution in [1.29, 1.82) is 0 Å². The van der Waals surface area contributed by atoms with Crippen LogP contribution in [0.4, 0.5) is 0 Å². The minimum atomic E-state index is 0.922. The van der Waals surface area contributed by atoms with Gasteiger partial charge in [-0.15, -0.1) is 0 Å². The van der Waals surface area contributed by atoms with E-state index in [9.17, 15) is 0 Å². The Morgan fingerprint density at radius 3 is 2.85 bits per heavy atom. The molecule has 0 atom stereocenters. The van der Waals surface area contributed by atoms with Crippen LogP contribution in [0.5, 0.6) is 0 Å². The quantitative estimate of drug-likeness (QED) is 0.927. The van der Waals surface area contributed by atoms with E-state index in [-0.39, 0.29) is 0 Å². The van der Waals surface area contributed by atoms with Crippen LogP contribution in [0.2, 0.25) is 0 Å². The molecule has 1 aliphatic rings. The van der Waals surface area contributed by atoms with E-state index in [4.69, 9.17) is 4.98 Å². The molecule has 0 bridgehead atoms. The zero-order valence-electron chi connectivity index (χ0n) is 12.0. The largest absolute Gasteiger partial charge is 0.316 e. The lowest BCUT2D eigenvalue weighted by atomic mass is 10.0. The molecule has 0 amide bonds. The Hall–Kier alpha value is -1.74. The Morgan fingerprint density at radius 2 is 1.95 bits per heavy atom. The van der Waals surface area contributed by atoms with Crippen molar-refractivity contribution in [2.75, 3.05) is 13.1 Å². The van der Waals surface area contributed by atoms with E-state index in [2.05, 4.69) is 41.5 Å². The summed E-state index contributed by atoms with van der Waals surface area (Å²) in [6, 6.07) is 8.55. The molecule has 3 rings (SSSR count). The van der Waals surface area contributed by atoms with Crippen molar-refractivity contribution in [2.45, 2.75) is 32.6 Å². The molecule has 0 fully saturated rings. The summed E-state index contributed by atoms with van der Waals surface area (Å²) in [5, 5.41) is 3.41. The highest BCUT2D eigenvalue weighted by molar-refractivity contribution is 5.26. The molecule has 2 heterocycles. The first kappa shape index (κ1) is 13.3. The van der Waals surface area contributed by atoms with Crippen LogP contribution in [-0.2, 0) is 25.7 Å². The number of hydrogen-bond donors (Lipinski definition) is 1. The normalized spacial score (nSPS) is 14.7. The second-order valence-corrected chi connectivity index (χ2v) is 5.43. The van der Waals surface area contributed by atoms with Crippen molar-refractivity contribution in [3.05, 3.63) is 58.7 Å². The lowest BCUT2D eigenvalue weighted by Crippen LogP contribution is -2.16. The van der Waals surface area contributed by atoms with Gasteiger partial charge in [0.1, 0.15) is 5.82 Å². The highest BCUT2D eigenvalue weighted by Gasteiger charge is 2.10. The van der Waals surface area contributed by atoms with Gasteiger partial charge in [-0.1, -0.05) is 24.3 Å². The summed E-state index contributed by atoms with van der Waals surface area (Å²) < 4.78 is 0. The Morgan fingerprint density at radius 1 is 1.10 bits per heavy atom. The summed E-state index contributed by atoms with van der Waals surface area (Å²) in [6.45, 7) is 4.24. The molecule has 20 heavy (non-hydrogen) atoms. The number of benzene rings is 1. The fraction of sp³-hybridized carbons (Fsp3) is 0.412. The van der Waals surface area contributed by atoms with Crippen molar-refractivity contribution in [3.63, 3.8) is 0 Å². The molecule has 3 heteroatoms. The predicted molar refractivity (Wildman–Crippen MR) is 80.9 cm³/mol. The first-order valence-electron chi connectivity index (χ1n) is 7.42. The lowest BCUT2D eigenvalue weighted by molar-refractivity contribution is 0.707. The van der Waals surface area contributed by atoms with Crippen LogP contribution < -0.4 is 5.32 Å². The molecule has 0 aliphatic carbocycles. The number of nitrogens with one attached hydrogen (secondary N) is 1. The van der Waals surface area contributed by atoms with Gasteiger partial charge < -0.3 is 5.32 Å². The Bertz CT molecular complexity index is 593. The molecule has 1 N–H and O–H groups in total. The van der Waals surface area contributed by atoms with E-state index < -0.39 is 0 Å². The first-order chi connectivity index (χ1) is 9.83. The van der Waals surface area contributed by atoms with E-state index in [1.165, 1.54) is 22.4 Å². The van der Waals surface area contributed by atoms with Gasteiger partial charge in [0.05, 0.1) is 0 Å². The summed E-state index contributed by atoms with van der Waals surface area (Å²) in [6.07, 6.45) is 6.04. The molecule has 0 saturated carbocycles. The average Bonchev–Trinajstić information content (AvgIpc) is 2.71. The number of aryl methyl sites for hydroxylation is 3. The molecule has 1 aliphatic heterocycles. The molecule has 1 aromatic carbocycles. The van der Waals surface area contributed by atoms with Crippen LogP contribution in [-0.4, -0.2) is 23.1 Å². The third kappa shape index (κ3) is 3.05. The average molecular weight is 267 g/mol. The molecule has 0 saturated heterocycles. The summed E-state index contributed by atoms with van der Waals surface area (Å²) in [4.78, 5) is 9.31. The zero-order chi connectivity index (χ0) is 13.8. The zero-order valence-corrected chi connectivity index (χ0v) is 12.0. The van der Waals surface area contributed by atoms with E-state index in [0.717, 1.165) is 44.6 Å². The molecule has 1 aromatic heterocycles. The maximum atomic E-state index is 4.77. The molecule has 2 aromatic rings.